The topological polar surface area (TPSA) is 116 Å². The molecule has 0 saturated carbocycles. The van der Waals surface area contributed by atoms with Gasteiger partial charge in [-0.1, -0.05) is 29.8 Å². The Hall–Kier alpha value is -3.46. The summed E-state index contributed by atoms with van der Waals surface area (Å²) < 4.78 is 0. The molecule has 3 rings (SSSR count). The number of para-hydroxylation sites is 1. The van der Waals surface area contributed by atoms with Crippen LogP contribution in [0, 0.1) is 0 Å². The van der Waals surface area contributed by atoms with Gasteiger partial charge in [0.15, 0.2) is 0 Å². The zero-order chi connectivity index (χ0) is 20.1. The number of amides is 3. The second-order valence-corrected chi connectivity index (χ2v) is 6.55. The third kappa shape index (κ3) is 4.63. The van der Waals surface area contributed by atoms with Crippen molar-refractivity contribution in [3.05, 3.63) is 53.1 Å². The monoisotopic (exact) mass is 399 g/mol. The quantitative estimate of drug-likeness (QED) is 0.610. The third-order valence-corrected chi connectivity index (χ3v) is 4.22. The van der Waals surface area contributed by atoms with Crippen LogP contribution in [-0.4, -0.2) is 51.6 Å². The summed E-state index contributed by atoms with van der Waals surface area (Å²) in [6.07, 6.45) is 0.212. The standard InChI is InChI=1S/C18H18ClN7O2/c1-26(2)16(27)10-11-7-8-14(12(9-11)17-22-24-25-23-17)20-18(28)21-15-6-4-3-5-13(15)19/h3-9H,10H2,1-2H3,(H2,20,21,28)(H,22,23,24,25). The Balaban J connectivity index is 1.84. The van der Waals surface area contributed by atoms with Gasteiger partial charge >= 0.3 is 6.03 Å². The number of benzene rings is 2. The Bertz CT molecular complexity index is 989. The first kappa shape index (κ1) is 19.3. The van der Waals surface area contributed by atoms with E-state index in [0.717, 1.165) is 5.56 Å². The Morgan fingerprint density at radius 3 is 2.54 bits per heavy atom. The highest BCUT2D eigenvalue weighted by Crippen LogP contribution is 2.27. The summed E-state index contributed by atoms with van der Waals surface area (Å²) in [5.74, 6) is 0.253. The van der Waals surface area contributed by atoms with Crippen LogP contribution in [0.1, 0.15) is 5.56 Å². The Kier molecular flexibility index (Phi) is 5.85. The van der Waals surface area contributed by atoms with Crippen molar-refractivity contribution in [3.8, 4) is 11.4 Å². The number of H-pyrrole nitrogens is 1. The van der Waals surface area contributed by atoms with E-state index in [-0.39, 0.29) is 12.3 Å². The zero-order valence-electron chi connectivity index (χ0n) is 15.2. The molecule has 3 N–H and O–H groups in total. The molecule has 0 aliphatic heterocycles. The molecule has 10 heteroatoms. The van der Waals surface area contributed by atoms with Crippen molar-refractivity contribution >= 4 is 34.9 Å². The van der Waals surface area contributed by atoms with Crippen molar-refractivity contribution in [3.63, 3.8) is 0 Å². The van der Waals surface area contributed by atoms with Gasteiger partial charge in [0.2, 0.25) is 11.7 Å². The van der Waals surface area contributed by atoms with Crippen LogP contribution in [0.15, 0.2) is 42.5 Å². The predicted octanol–water partition coefficient (Wildman–Crippen LogP) is 2.79. The lowest BCUT2D eigenvalue weighted by Gasteiger charge is -2.14. The maximum Gasteiger partial charge on any atom is 0.323 e. The van der Waals surface area contributed by atoms with Gasteiger partial charge in [-0.2, -0.15) is 5.21 Å². The molecular weight excluding hydrogens is 382 g/mol. The van der Waals surface area contributed by atoms with Crippen LogP contribution in [0.25, 0.3) is 11.4 Å². The number of hydrogen-bond donors (Lipinski definition) is 3. The van der Waals surface area contributed by atoms with Gasteiger partial charge in [-0.05, 0) is 35.0 Å². The number of nitrogens with zero attached hydrogens (tertiary/aromatic N) is 4. The van der Waals surface area contributed by atoms with E-state index in [1.807, 2.05) is 0 Å². The molecule has 0 spiro atoms. The molecule has 3 aromatic rings. The van der Waals surface area contributed by atoms with Crippen LogP contribution in [0.2, 0.25) is 5.02 Å². The fraction of sp³-hybridized carbons (Fsp3) is 0.167. The number of tetrazole rings is 1. The van der Waals surface area contributed by atoms with E-state index in [2.05, 4.69) is 31.3 Å². The van der Waals surface area contributed by atoms with Crippen molar-refractivity contribution in [1.82, 2.24) is 25.5 Å². The fourth-order valence-electron chi connectivity index (χ4n) is 2.44. The predicted molar refractivity (Wildman–Crippen MR) is 106 cm³/mol. The molecule has 1 heterocycles. The van der Waals surface area contributed by atoms with Gasteiger partial charge in [0.25, 0.3) is 0 Å². The van der Waals surface area contributed by atoms with Crippen molar-refractivity contribution < 1.29 is 9.59 Å². The number of aromatic amines is 1. The van der Waals surface area contributed by atoms with Crippen LogP contribution in [0.3, 0.4) is 0 Å². The molecule has 0 bridgehead atoms. The average Bonchev–Trinajstić information content (AvgIpc) is 3.19. The summed E-state index contributed by atoms with van der Waals surface area (Å²) >= 11 is 6.07. The van der Waals surface area contributed by atoms with E-state index in [1.54, 1.807) is 56.6 Å². The Morgan fingerprint density at radius 1 is 1.11 bits per heavy atom. The van der Waals surface area contributed by atoms with Crippen LogP contribution in [0.4, 0.5) is 16.2 Å². The number of likely N-dealkylation sites (N-methyl/N-ethyl adjacent to an activating group) is 1. The van der Waals surface area contributed by atoms with Crippen LogP contribution in [0.5, 0.6) is 0 Å². The van der Waals surface area contributed by atoms with Crippen LogP contribution < -0.4 is 10.6 Å². The number of carbonyl (C=O) groups is 2. The summed E-state index contributed by atoms with van der Waals surface area (Å²) in [7, 11) is 3.38. The minimum absolute atomic E-state index is 0.0452. The van der Waals surface area contributed by atoms with E-state index in [1.165, 1.54) is 4.90 Å². The molecule has 3 amide bonds. The number of anilines is 2. The number of hydrogen-bond acceptors (Lipinski definition) is 5. The van der Waals surface area contributed by atoms with E-state index < -0.39 is 6.03 Å². The van der Waals surface area contributed by atoms with Crippen molar-refractivity contribution in [2.45, 2.75) is 6.42 Å². The number of urea groups is 1. The van der Waals surface area contributed by atoms with Gasteiger partial charge in [0.1, 0.15) is 0 Å². The number of aromatic nitrogens is 4. The largest absolute Gasteiger partial charge is 0.349 e. The zero-order valence-corrected chi connectivity index (χ0v) is 16.0. The molecule has 0 aliphatic carbocycles. The smallest absolute Gasteiger partial charge is 0.323 e. The molecule has 144 valence electrons. The molecular formula is C18H18ClN7O2. The number of nitrogens with one attached hydrogen (secondary N) is 3. The molecule has 28 heavy (non-hydrogen) atoms. The minimum Gasteiger partial charge on any atom is -0.349 e. The van der Waals surface area contributed by atoms with Gasteiger partial charge in [0.05, 0.1) is 22.8 Å². The number of carbonyl (C=O) groups excluding carboxylic acids is 2. The highest BCUT2D eigenvalue weighted by atomic mass is 35.5. The first-order chi connectivity index (χ1) is 13.4. The van der Waals surface area contributed by atoms with Crippen molar-refractivity contribution in [1.29, 1.82) is 0 Å². The number of halogens is 1. The van der Waals surface area contributed by atoms with Crippen molar-refractivity contribution in [2.75, 3.05) is 24.7 Å². The minimum atomic E-state index is -0.477. The molecule has 9 nitrogen and oxygen atoms in total. The summed E-state index contributed by atoms with van der Waals surface area (Å²) in [4.78, 5) is 25.9. The van der Waals surface area contributed by atoms with Crippen LogP contribution >= 0.6 is 11.6 Å². The van der Waals surface area contributed by atoms with E-state index in [9.17, 15) is 9.59 Å². The highest BCUT2D eigenvalue weighted by molar-refractivity contribution is 6.33. The van der Waals surface area contributed by atoms with E-state index in [4.69, 9.17) is 11.6 Å². The second kappa shape index (κ2) is 8.49. The normalized spacial score (nSPS) is 10.4. The summed E-state index contributed by atoms with van der Waals surface area (Å²) in [6, 6.07) is 11.6. The number of rotatable bonds is 5. The fourth-order valence-corrected chi connectivity index (χ4v) is 2.63. The van der Waals surface area contributed by atoms with Gasteiger partial charge in [-0.15, -0.1) is 10.2 Å². The molecule has 0 radical (unpaired) electrons. The summed E-state index contributed by atoms with van der Waals surface area (Å²) in [6.45, 7) is 0. The third-order valence-electron chi connectivity index (χ3n) is 3.89. The maximum atomic E-state index is 12.4. The lowest BCUT2D eigenvalue weighted by atomic mass is 10.0. The second-order valence-electron chi connectivity index (χ2n) is 6.14. The Labute approximate surface area is 166 Å². The summed E-state index contributed by atoms with van der Waals surface area (Å²) in [5, 5.41) is 19.8. The molecule has 0 unspecified atom stereocenters. The molecule has 0 fully saturated rings. The van der Waals surface area contributed by atoms with Gasteiger partial charge < -0.3 is 15.5 Å². The van der Waals surface area contributed by atoms with Gasteiger partial charge in [0, 0.05) is 19.7 Å². The van der Waals surface area contributed by atoms with E-state index in [0.29, 0.717) is 27.8 Å². The highest BCUT2D eigenvalue weighted by Gasteiger charge is 2.15. The van der Waals surface area contributed by atoms with E-state index >= 15 is 0 Å². The molecule has 0 aliphatic rings. The molecule has 0 saturated heterocycles. The molecule has 2 aromatic carbocycles. The SMILES string of the molecule is CN(C)C(=O)Cc1ccc(NC(=O)Nc2ccccc2Cl)c(-c2nn[nH]n2)c1. The molecule has 1 aromatic heterocycles. The first-order valence-electron chi connectivity index (χ1n) is 8.33. The van der Waals surface area contributed by atoms with Gasteiger partial charge in [-0.3, -0.25) is 4.79 Å². The maximum absolute atomic E-state index is 12.4. The average molecular weight is 400 g/mol. The lowest BCUT2D eigenvalue weighted by molar-refractivity contribution is -0.127. The Morgan fingerprint density at radius 2 is 1.86 bits per heavy atom. The van der Waals surface area contributed by atoms with Crippen LogP contribution in [-0.2, 0) is 11.2 Å². The van der Waals surface area contributed by atoms with Crippen molar-refractivity contribution in [2.24, 2.45) is 0 Å². The van der Waals surface area contributed by atoms with Gasteiger partial charge in [-0.25, -0.2) is 4.79 Å². The first-order valence-corrected chi connectivity index (χ1v) is 8.71. The lowest BCUT2D eigenvalue weighted by Crippen LogP contribution is -2.23. The molecule has 0 atom stereocenters. The summed E-state index contributed by atoms with van der Waals surface area (Å²) in [5.41, 5.74) is 2.24.